The Morgan fingerprint density at radius 1 is 1.29 bits per heavy atom. The molecule has 5 heteroatoms. The van der Waals surface area contributed by atoms with E-state index in [9.17, 15) is 5.11 Å². The van der Waals surface area contributed by atoms with Crippen molar-refractivity contribution in [1.29, 1.82) is 0 Å². The van der Waals surface area contributed by atoms with Crippen molar-refractivity contribution < 1.29 is 24.1 Å². The van der Waals surface area contributed by atoms with Crippen LogP contribution in [0.3, 0.4) is 0 Å². The van der Waals surface area contributed by atoms with E-state index in [1.807, 2.05) is 30.3 Å². The molecule has 0 amide bonds. The Bertz CT molecular complexity index is 463. The summed E-state index contributed by atoms with van der Waals surface area (Å²) < 4.78 is 22.8. The van der Waals surface area contributed by atoms with Crippen molar-refractivity contribution in [2.24, 2.45) is 0 Å². The van der Waals surface area contributed by atoms with Crippen LogP contribution in [0.15, 0.2) is 43.0 Å². The van der Waals surface area contributed by atoms with E-state index < -0.39 is 24.8 Å². The van der Waals surface area contributed by atoms with Gasteiger partial charge in [0.05, 0.1) is 19.3 Å². The number of benzene rings is 1. The minimum absolute atomic E-state index is 0.316. The predicted octanol–water partition coefficient (Wildman–Crippen LogP) is 1.78. The molecule has 0 spiro atoms. The third-order valence-corrected chi connectivity index (χ3v) is 3.67. The van der Waals surface area contributed by atoms with Gasteiger partial charge in [-0.1, -0.05) is 36.4 Å². The van der Waals surface area contributed by atoms with Crippen molar-refractivity contribution in [2.45, 2.75) is 37.3 Å². The Morgan fingerprint density at radius 3 is 2.86 bits per heavy atom. The lowest BCUT2D eigenvalue weighted by molar-refractivity contribution is -0.336. The van der Waals surface area contributed by atoms with Crippen LogP contribution in [-0.2, 0) is 18.9 Å². The minimum atomic E-state index is -0.631. The lowest BCUT2D eigenvalue weighted by Crippen LogP contribution is -2.55. The van der Waals surface area contributed by atoms with Crippen LogP contribution in [0, 0.1) is 0 Å². The molecule has 21 heavy (non-hydrogen) atoms. The van der Waals surface area contributed by atoms with Crippen LogP contribution in [0.5, 0.6) is 0 Å². The zero-order valence-corrected chi connectivity index (χ0v) is 11.8. The molecule has 0 aromatic heterocycles. The lowest BCUT2D eigenvalue weighted by Gasteiger charge is -2.44. The summed E-state index contributed by atoms with van der Waals surface area (Å²) in [7, 11) is 0. The minimum Gasteiger partial charge on any atom is -0.390 e. The van der Waals surface area contributed by atoms with Crippen molar-refractivity contribution in [2.75, 3.05) is 13.2 Å². The number of ether oxygens (including phenoxy) is 4. The standard InChI is InChI=1S/C16H20O5/c1-2-8-18-14-9-12(17)15-13(20-14)10-19-16(21-15)11-6-4-3-5-7-11/h2-7,12-17H,1,8-10H2/t12?,13?,14-,15-,16?/m0/s1. The van der Waals surface area contributed by atoms with E-state index in [0.717, 1.165) is 5.56 Å². The lowest BCUT2D eigenvalue weighted by atomic mass is 10.0. The molecule has 2 fully saturated rings. The topological polar surface area (TPSA) is 57.2 Å². The van der Waals surface area contributed by atoms with E-state index in [-0.39, 0.29) is 6.10 Å². The molecular weight excluding hydrogens is 272 g/mol. The summed E-state index contributed by atoms with van der Waals surface area (Å²) in [4.78, 5) is 0. The second-order valence-electron chi connectivity index (χ2n) is 5.21. The molecule has 1 N–H and O–H groups in total. The molecule has 2 heterocycles. The molecule has 5 atom stereocenters. The second-order valence-corrected chi connectivity index (χ2v) is 5.21. The predicted molar refractivity (Wildman–Crippen MR) is 75.4 cm³/mol. The summed E-state index contributed by atoms with van der Waals surface area (Å²) in [6.07, 6.45) is -0.210. The molecule has 0 aliphatic carbocycles. The summed E-state index contributed by atoms with van der Waals surface area (Å²) in [5.41, 5.74) is 0.938. The average Bonchev–Trinajstić information content (AvgIpc) is 2.53. The van der Waals surface area contributed by atoms with Gasteiger partial charge in [-0.25, -0.2) is 0 Å². The van der Waals surface area contributed by atoms with E-state index in [1.165, 1.54) is 0 Å². The van der Waals surface area contributed by atoms with E-state index in [4.69, 9.17) is 18.9 Å². The summed E-state index contributed by atoms with van der Waals surface area (Å²) in [5, 5.41) is 10.3. The maximum Gasteiger partial charge on any atom is 0.184 e. The second kappa shape index (κ2) is 6.68. The summed E-state index contributed by atoms with van der Waals surface area (Å²) in [6.45, 7) is 4.36. The number of rotatable bonds is 4. The summed E-state index contributed by atoms with van der Waals surface area (Å²) in [5.74, 6) is 0. The van der Waals surface area contributed by atoms with Gasteiger partial charge in [-0.2, -0.15) is 0 Å². The third-order valence-electron chi connectivity index (χ3n) is 3.67. The van der Waals surface area contributed by atoms with Gasteiger partial charge in [0.15, 0.2) is 12.6 Å². The molecule has 2 aliphatic rings. The molecule has 3 unspecified atom stereocenters. The van der Waals surface area contributed by atoms with E-state index in [0.29, 0.717) is 19.6 Å². The van der Waals surface area contributed by atoms with Gasteiger partial charge in [0.1, 0.15) is 12.2 Å². The number of aliphatic hydroxyl groups is 1. The quantitative estimate of drug-likeness (QED) is 0.857. The fraction of sp³-hybridized carbons (Fsp3) is 0.500. The SMILES string of the molecule is C=CCO[C@@H]1CC(O)[C@@H]2OC(c3ccccc3)OCC2O1. The highest BCUT2D eigenvalue weighted by Gasteiger charge is 2.44. The van der Waals surface area contributed by atoms with Crippen LogP contribution in [0.25, 0.3) is 0 Å². The third kappa shape index (κ3) is 3.33. The van der Waals surface area contributed by atoms with Gasteiger partial charge < -0.3 is 24.1 Å². The molecule has 2 saturated heterocycles. The fourth-order valence-corrected chi connectivity index (χ4v) is 2.65. The molecule has 3 rings (SSSR count). The van der Waals surface area contributed by atoms with Crippen LogP contribution >= 0.6 is 0 Å². The van der Waals surface area contributed by atoms with E-state index in [1.54, 1.807) is 6.08 Å². The van der Waals surface area contributed by atoms with Gasteiger partial charge in [-0.15, -0.1) is 6.58 Å². The van der Waals surface area contributed by atoms with Gasteiger partial charge in [0.25, 0.3) is 0 Å². The molecule has 114 valence electrons. The van der Waals surface area contributed by atoms with Crippen LogP contribution in [0.4, 0.5) is 0 Å². The van der Waals surface area contributed by atoms with Crippen LogP contribution in [-0.4, -0.2) is 42.9 Å². The number of fused-ring (bicyclic) bond motifs is 1. The Morgan fingerprint density at radius 2 is 2.10 bits per heavy atom. The fourth-order valence-electron chi connectivity index (χ4n) is 2.65. The van der Waals surface area contributed by atoms with Crippen molar-refractivity contribution in [3.05, 3.63) is 48.6 Å². The highest BCUT2D eigenvalue weighted by atomic mass is 16.7. The monoisotopic (exact) mass is 292 g/mol. The molecule has 1 aromatic rings. The highest BCUT2D eigenvalue weighted by Crippen LogP contribution is 2.33. The maximum absolute atomic E-state index is 10.3. The first kappa shape index (κ1) is 14.7. The molecule has 1 aromatic carbocycles. The largest absolute Gasteiger partial charge is 0.390 e. The maximum atomic E-state index is 10.3. The molecular formula is C16H20O5. The smallest absolute Gasteiger partial charge is 0.184 e. The first-order valence-corrected chi connectivity index (χ1v) is 7.16. The Balaban J connectivity index is 1.63. The number of aliphatic hydroxyl groups excluding tert-OH is 1. The number of hydrogen-bond donors (Lipinski definition) is 1. The molecule has 5 nitrogen and oxygen atoms in total. The zero-order valence-electron chi connectivity index (χ0n) is 11.8. The highest BCUT2D eigenvalue weighted by molar-refractivity contribution is 5.16. The Hall–Kier alpha value is -1.24. The average molecular weight is 292 g/mol. The van der Waals surface area contributed by atoms with Gasteiger partial charge in [-0.05, 0) is 0 Å². The van der Waals surface area contributed by atoms with Crippen molar-refractivity contribution in [3.63, 3.8) is 0 Å². The molecule has 0 bridgehead atoms. The first-order valence-electron chi connectivity index (χ1n) is 7.16. The van der Waals surface area contributed by atoms with E-state index >= 15 is 0 Å². The van der Waals surface area contributed by atoms with Gasteiger partial charge in [0, 0.05) is 12.0 Å². The van der Waals surface area contributed by atoms with Crippen molar-refractivity contribution in [1.82, 2.24) is 0 Å². The van der Waals surface area contributed by atoms with Crippen LogP contribution < -0.4 is 0 Å². The summed E-state index contributed by atoms with van der Waals surface area (Å²) in [6, 6.07) is 9.69. The molecule has 2 aliphatic heterocycles. The van der Waals surface area contributed by atoms with Crippen LogP contribution in [0.1, 0.15) is 18.3 Å². The molecule has 0 saturated carbocycles. The van der Waals surface area contributed by atoms with Crippen LogP contribution in [0.2, 0.25) is 0 Å². The van der Waals surface area contributed by atoms with Crippen molar-refractivity contribution in [3.8, 4) is 0 Å². The van der Waals surface area contributed by atoms with Crippen molar-refractivity contribution >= 4 is 0 Å². The van der Waals surface area contributed by atoms with E-state index in [2.05, 4.69) is 6.58 Å². The normalized spacial score (nSPS) is 36.0. The zero-order chi connectivity index (χ0) is 14.7. The Kier molecular flexibility index (Phi) is 4.67. The molecule has 0 radical (unpaired) electrons. The van der Waals surface area contributed by atoms with Gasteiger partial charge in [0.2, 0.25) is 0 Å². The van der Waals surface area contributed by atoms with Gasteiger partial charge in [-0.3, -0.25) is 0 Å². The summed E-state index contributed by atoms with van der Waals surface area (Å²) >= 11 is 0. The number of hydrogen-bond acceptors (Lipinski definition) is 5. The first-order chi connectivity index (χ1) is 10.3. The Labute approximate surface area is 124 Å². The van der Waals surface area contributed by atoms with Gasteiger partial charge >= 0.3 is 0 Å².